The predicted molar refractivity (Wildman–Crippen MR) is 89.8 cm³/mol. The van der Waals surface area contributed by atoms with Crippen LogP contribution in [0.5, 0.6) is 5.75 Å². The van der Waals surface area contributed by atoms with Crippen LogP contribution < -0.4 is 10.3 Å². The van der Waals surface area contributed by atoms with Crippen LogP contribution in [0.15, 0.2) is 47.4 Å². The second kappa shape index (κ2) is 6.80. The lowest BCUT2D eigenvalue weighted by atomic mass is 9.89. The van der Waals surface area contributed by atoms with E-state index in [9.17, 15) is 19.5 Å². The van der Waals surface area contributed by atoms with Crippen LogP contribution >= 0.6 is 0 Å². The lowest BCUT2D eigenvalue weighted by Crippen LogP contribution is -2.30. The van der Waals surface area contributed by atoms with Crippen LogP contribution in [-0.4, -0.2) is 47.1 Å². The highest BCUT2D eigenvalue weighted by Gasteiger charge is 2.40. The predicted octanol–water partition coefficient (Wildman–Crippen LogP) is 1.32. The van der Waals surface area contributed by atoms with Gasteiger partial charge in [0.15, 0.2) is 0 Å². The van der Waals surface area contributed by atoms with E-state index in [1.165, 1.54) is 23.2 Å². The van der Waals surface area contributed by atoms with Crippen LogP contribution in [0.2, 0.25) is 0 Å². The molecule has 2 aromatic rings. The van der Waals surface area contributed by atoms with Crippen LogP contribution in [0.3, 0.4) is 0 Å². The highest BCUT2D eigenvalue weighted by Crippen LogP contribution is 2.35. The average molecular weight is 342 g/mol. The number of nitrogens with one attached hydrogen (secondary N) is 1. The number of aromatic amines is 1. The van der Waals surface area contributed by atoms with Gasteiger partial charge >= 0.3 is 5.97 Å². The van der Waals surface area contributed by atoms with Gasteiger partial charge in [-0.1, -0.05) is 12.1 Å². The average Bonchev–Trinajstić information content (AvgIpc) is 3.07. The third kappa shape index (κ3) is 3.40. The summed E-state index contributed by atoms with van der Waals surface area (Å²) in [4.78, 5) is 39.4. The summed E-state index contributed by atoms with van der Waals surface area (Å²) in [5, 5.41) is 9.56. The molecule has 1 aromatic heterocycles. The fraction of sp³-hybridized carbons (Fsp3) is 0.278. The molecule has 7 heteroatoms. The first-order valence-electron chi connectivity index (χ1n) is 7.84. The van der Waals surface area contributed by atoms with Gasteiger partial charge in [-0.25, -0.2) is 0 Å². The number of methoxy groups -OCH3 is 1. The number of aromatic nitrogens is 1. The van der Waals surface area contributed by atoms with Crippen LogP contribution in [0.4, 0.5) is 0 Å². The van der Waals surface area contributed by atoms with Gasteiger partial charge in [0.1, 0.15) is 5.75 Å². The molecular weight excluding hydrogens is 324 g/mol. The highest BCUT2D eigenvalue weighted by molar-refractivity contribution is 5.94. The Morgan fingerprint density at radius 2 is 2.04 bits per heavy atom. The Kier molecular flexibility index (Phi) is 4.56. The number of H-pyrrole nitrogens is 1. The molecule has 1 fully saturated rings. The molecule has 7 nitrogen and oxygen atoms in total. The number of amides is 1. The summed E-state index contributed by atoms with van der Waals surface area (Å²) < 4.78 is 5.20. The number of ether oxygens (including phenoxy) is 1. The number of pyridine rings is 1. The Bertz CT molecular complexity index is 840. The Labute approximate surface area is 143 Å². The van der Waals surface area contributed by atoms with Crippen LogP contribution in [-0.2, 0) is 4.79 Å². The SMILES string of the molecule is COc1cccc([C@@H]2CN(C(=O)c3ccc(=O)[nH]c3)C[C@H]2C(=O)O)c1. The normalized spacial score (nSPS) is 19.6. The van der Waals surface area contributed by atoms with Crippen molar-refractivity contribution in [2.45, 2.75) is 5.92 Å². The fourth-order valence-corrected chi connectivity index (χ4v) is 3.16. The summed E-state index contributed by atoms with van der Waals surface area (Å²) in [6.07, 6.45) is 1.35. The van der Waals surface area contributed by atoms with E-state index in [1.54, 1.807) is 25.3 Å². The Morgan fingerprint density at radius 3 is 2.68 bits per heavy atom. The van der Waals surface area contributed by atoms with E-state index in [0.29, 0.717) is 17.9 Å². The lowest BCUT2D eigenvalue weighted by molar-refractivity contribution is -0.141. The van der Waals surface area contributed by atoms with Gasteiger partial charge in [-0.15, -0.1) is 0 Å². The van der Waals surface area contributed by atoms with E-state index >= 15 is 0 Å². The van der Waals surface area contributed by atoms with Gasteiger partial charge in [0.25, 0.3) is 5.91 Å². The number of carboxylic acids is 1. The molecule has 1 saturated heterocycles. The van der Waals surface area contributed by atoms with Crippen molar-refractivity contribution in [3.05, 3.63) is 64.1 Å². The number of hydrogen-bond donors (Lipinski definition) is 2. The van der Waals surface area contributed by atoms with Gasteiger partial charge in [0, 0.05) is 31.3 Å². The number of carbonyl (C=O) groups is 2. The van der Waals surface area contributed by atoms with Crippen molar-refractivity contribution in [1.82, 2.24) is 9.88 Å². The molecule has 1 aliphatic rings. The number of likely N-dealkylation sites (tertiary alicyclic amines) is 1. The third-order valence-electron chi connectivity index (χ3n) is 4.48. The first-order chi connectivity index (χ1) is 12.0. The van der Waals surface area contributed by atoms with Crippen LogP contribution in [0.25, 0.3) is 0 Å². The summed E-state index contributed by atoms with van der Waals surface area (Å²) in [5.41, 5.74) is 0.856. The highest BCUT2D eigenvalue weighted by atomic mass is 16.5. The second-order valence-electron chi connectivity index (χ2n) is 5.98. The van der Waals surface area contributed by atoms with Crippen molar-refractivity contribution < 1.29 is 19.4 Å². The topological polar surface area (TPSA) is 99.7 Å². The van der Waals surface area contributed by atoms with Crippen molar-refractivity contribution in [3.8, 4) is 5.75 Å². The zero-order chi connectivity index (χ0) is 18.0. The quantitative estimate of drug-likeness (QED) is 0.873. The Balaban J connectivity index is 1.87. The van der Waals surface area contributed by atoms with E-state index in [-0.39, 0.29) is 23.9 Å². The summed E-state index contributed by atoms with van der Waals surface area (Å²) in [5.74, 6) is -1.61. The molecule has 1 aliphatic heterocycles. The molecule has 0 unspecified atom stereocenters. The zero-order valence-electron chi connectivity index (χ0n) is 13.6. The number of benzene rings is 1. The molecule has 1 aromatic carbocycles. The number of aliphatic carboxylic acids is 1. The number of hydrogen-bond acceptors (Lipinski definition) is 4. The molecular formula is C18H18N2O5. The minimum absolute atomic E-state index is 0.120. The van der Waals surface area contributed by atoms with Crippen LogP contribution in [0, 0.1) is 5.92 Å². The fourth-order valence-electron chi connectivity index (χ4n) is 3.16. The minimum Gasteiger partial charge on any atom is -0.497 e. The van der Waals surface area contributed by atoms with Gasteiger partial charge < -0.3 is 19.7 Å². The van der Waals surface area contributed by atoms with Gasteiger partial charge in [0.05, 0.1) is 18.6 Å². The Morgan fingerprint density at radius 1 is 1.24 bits per heavy atom. The van der Waals surface area contributed by atoms with Gasteiger partial charge in [0.2, 0.25) is 5.56 Å². The molecule has 2 atom stereocenters. The first kappa shape index (κ1) is 16.8. The standard InChI is InChI=1S/C18H18N2O5/c1-25-13-4-2-3-11(7-13)14-9-20(10-15(14)18(23)24)17(22)12-5-6-16(21)19-8-12/h2-8,14-15H,9-10H2,1H3,(H,19,21)(H,23,24)/t14-,15+/m0/s1. The molecule has 25 heavy (non-hydrogen) atoms. The van der Waals surface area contributed by atoms with Crippen molar-refractivity contribution >= 4 is 11.9 Å². The lowest BCUT2D eigenvalue weighted by Gasteiger charge is -2.17. The van der Waals surface area contributed by atoms with E-state index < -0.39 is 11.9 Å². The number of carbonyl (C=O) groups excluding carboxylic acids is 1. The van der Waals surface area contributed by atoms with Crippen molar-refractivity contribution in [1.29, 1.82) is 0 Å². The summed E-state index contributed by atoms with van der Waals surface area (Å²) in [6, 6.07) is 9.95. The summed E-state index contributed by atoms with van der Waals surface area (Å²) in [7, 11) is 1.55. The number of carboxylic acid groups (broad SMARTS) is 1. The molecule has 3 rings (SSSR count). The molecule has 1 amide bonds. The van der Waals surface area contributed by atoms with Crippen molar-refractivity contribution in [2.24, 2.45) is 5.92 Å². The van der Waals surface area contributed by atoms with Crippen molar-refractivity contribution in [3.63, 3.8) is 0 Å². The largest absolute Gasteiger partial charge is 0.497 e. The molecule has 0 aliphatic carbocycles. The molecule has 0 radical (unpaired) electrons. The van der Waals surface area contributed by atoms with E-state index in [4.69, 9.17) is 4.74 Å². The third-order valence-corrected chi connectivity index (χ3v) is 4.48. The maximum Gasteiger partial charge on any atom is 0.308 e. The minimum atomic E-state index is -0.940. The molecule has 0 bridgehead atoms. The maximum absolute atomic E-state index is 12.6. The van der Waals surface area contributed by atoms with Gasteiger partial charge in [-0.05, 0) is 23.8 Å². The summed E-state index contributed by atoms with van der Waals surface area (Å²) >= 11 is 0. The first-order valence-corrected chi connectivity index (χ1v) is 7.84. The van der Waals surface area contributed by atoms with E-state index in [2.05, 4.69) is 4.98 Å². The number of nitrogens with zero attached hydrogens (tertiary/aromatic N) is 1. The second-order valence-corrected chi connectivity index (χ2v) is 5.98. The summed E-state index contributed by atoms with van der Waals surface area (Å²) in [6.45, 7) is 0.414. The Hall–Kier alpha value is -3.09. The van der Waals surface area contributed by atoms with E-state index in [1.807, 2.05) is 6.07 Å². The molecule has 130 valence electrons. The maximum atomic E-state index is 12.6. The number of rotatable bonds is 4. The van der Waals surface area contributed by atoms with Crippen molar-refractivity contribution in [2.75, 3.05) is 20.2 Å². The molecule has 0 spiro atoms. The monoisotopic (exact) mass is 342 g/mol. The van der Waals surface area contributed by atoms with E-state index in [0.717, 1.165) is 5.56 Å². The zero-order valence-corrected chi connectivity index (χ0v) is 13.6. The van der Waals surface area contributed by atoms with Gasteiger partial charge in [-0.2, -0.15) is 0 Å². The van der Waals surface area contributed by atoms with Gasteiger partial charge in [-0.3, -0.25) is 14.4 Å². The molecule has 0 saturated carbocycles. The molecule has 2 N–H and O–H groups in total. The molecule has 2 heterocycles. The van der Waals surface area contributed by atoms with Crippen LogP contribution in [0.1, 0.15) is 21.8 Å². The smallest absolute Gasteiger partial charge is 0.308 e.